The van der Waals surface area contributed by atoms with Crippen molar-refractivity contribution in [2.24, 2.45) is 0 Å². The highest BCUT2D eigenvalue weighted by Gasteiger charge is 2.13. The number of thioether (sulfide) groups is 1. The maximum Gasteiger partial charge on any atom is 0.252 e. The lowest BCUT2D eigenvalue weighted by Crippen LogP contribution is -2.26. The Kier molecular flexibility index (Phi) is 7.86. The van der Waals surface area contributed by atoms with Gasteiger partial charge in [0, 0.05) is 18.0 Å². The number of aliphatic hydroxyl groups excluding tert-OH is 1. The Morgan fingerprint density at radius 2 is 1.79 bits per heavy atom. The standard InChI is InChI=1S/C20H25NO2S/c1-2-24-19-11-7-6-10-18(19)20(23)21-14-12-17(13-15-22)16-8-4-3-5-9-16/h3-11,17,22H,2,12-15H2,1H3,(H,21,23)/t17-/m0/s1. The largest absolute Gasteiger partial charge is 0.396 e. The smallest absolute Gasteiger partial charge is 0.252 e. The Balaban J connectivity index is 1.93. The fourth-order valence-corrected chi connectivity index (χ4v) is 3.55. The summed E-state index contributed by atoms with van der Waals surface area (Å²) < 4.78 is 0. The first-order chi connectivity index (χ1) is 11.8. The third-order valence-electron chi connectivity index (χ3n) is 3.96. The van der Waals surface area contributed by atoms with Crippen molar-refractivity contribution in [2.75, 3.05) is 18.9 Å². The molecule has 4 heteroatoms. The molecule has 0 aromatic heterocycles. The van der Waals surface area contributed by atoms with Crippen LogP contribution in [0, 0.1) is 0 Å². The monoisotopic (exact) mass is 343 g/mol. The van der Waals surface area contributed by atoms with E-state index in [1.54, 1.807) is 11.8 Å². The minimum Gasteiger partial charge on any atom is -0.396 e. The number of carbonyl (C=O) groups excluding carboxylic acids is 1. The van der Waals surface area contributed by atoms with Crippen molar-refractivity contribution < 1.29 is 9.90 Å². The molecule has 24 heavy (non-hydrogen) atoms. The summed E-state index contributed by atoms with van der Waals surface area (Å²) in [6, 6.07) is 17.9. The lowest BCUT2D eigenvalue weighted by atomic mass is 9.93. The minimum atomic E-state index is -0.0256. The molecule has 2 rings (SSSR count). The summed E-state index contributed by atoms with van der Waals surface area (Å²) in [5, 5.41) is 12.3. The number of carbonyl (C=O) groups is 1. The van der Waals surface area contributed by atoms with E-state index >= 15 is 0 Å². The Morgan fingerprint density at radius 1 is 1.08 bits per heavy atom. The van der Waals surface area contributed by atoms with Crippen molar-refractivity contribution in [3.05, 3.63) is 65.7 Å². The summed E-state index contributed by atoms with van der Waals surface area (Å²) in [6.07, 6.45) is 1.53. The highest BCUT2D eigenvalue weighted by atomic mass is 32.2. The molecule has 1 amide bonds. The highest BCUT2D eigenvalue weighted by molar-refractivity contribution is 7.99. The Hall–Kier alpha value is -1.78. The topological polar surface area (TPSA) is 49.3 Å². The lowest BCUT2D eigenvalue weighted by Gasteiger charge is -2.17. The Morgan fingerprint density at radius 3 is 2.50 bits per heavy atom. The van der Waals surface area contributed by atoms with Crippen LogP contribution < -0.4 is 5.32 Å². The minimum absolute atomic E-state index is 0.0256. The quantitative estimate of drug-likeness (QED) is 0.674. The molecule has 0 radical (unpaired) electrons. The van der Waals surface area contributed by atoms with Gasteiger partial charge in [-0.2, -0.15) is 0 Å². The predicted molar refractivity (Wildman–Crippen MR) is 101 cm³/mol. The molecule has 0 spiro atoms. The number of benzene rings is 2. The SMILES string of the molecule is CCSc1ccccc1C(=O)NCC[C@@H](CCO)c1ccccc1. The van der Waals surface area contributed by atoms with E-state index in [9.17, 15) is 9.90 Å². The number of rotatable bonds is 9. The van der Waals surface area contributed by atoms with Crippen LogP contribution in [0.1, 0.15) is 41.6 Å². The summed E-state index contributed by atoms with van der Waals surface area (Å²) in [6.45, 7) is 2.84. The van der Waals surface area contributed by atoms with Crippen LogP contribution >= 0.6 is 11.8 Å². The van der Waals surface area contributed by atoms with Crippen LogP contribution in [0.3, 0.4) is 0 Å². The molecule has 0 fully saturated rings. The van der Waals surface area contributed by atoms with Gasteiger partial charge in [0.25, 0.3) is 5.91 Å². The fourth-order valence-electron chi connectivity index (χ4n) is 2.75. The Labute approximate surface area is 148 Å². The molecule has 0 aliphatic rings. The van der Waals surface area contributed by atoms with Gasteiger partial charge in [-0.25, -0.2) is 0 Å². The summed E-state index contributed by atoms with van der Waals surface area (Å²) in [5.41, 5.74) is 1.95. The van der Waals surface area contributed by atoms with Crippen molar-refractivity contribution in [3.8, 4) is 0 Å². The van der Waals surface area contributed by atoms with Gasteiger partial charge in [0.05, 0.1) is 5.56 Å². The molecule has 2 N–H and O–H groups in total. The molecule has 3 nitrogen and oxygen atoms in total. The van der Waals surface area contributed by atoms with Crippen molar-refractivity contribution >= 4 is 17.7 Å². The van der Waals surface area contributed by atoms with Crippen molar-refractivity contribution in [1.29, 1.82) is 0 Å². The predicted octanol–water partition coefficient (Wildman–Crippen LogP) is 4.08. The fraction of sp³-hybridized carbons (Fsp3) is 0.350. The molecule has 0 saturated heterocycles. The van der Waals surface area contributed by atoms with Crippen LogP contribution in [0.4, 0.5) is 0 Å². The van der Waals surface area contributed by atoms with Crippen LogP contribution in [-0.4, -0.2) is 29.9 Å². The van der Waals surface area contributed by atoms with E-state index in [-0.39, 0.29) is 18.4 Å². The van der Waals surface area contributed by atoms with Crippen LogP contribution in [0.15, 0.2) is 59.5 Å². The van der Waals surface area contributed by atoms with E-state index in [1.165, 1.54) is 5.56 Å². The highest BCUT2D eigenvalue weighted by Crippen LogP contribution is 2.24. The van der Waals surface area contributed by atoms with Crippen molar-refractivity contribution in [1.82, 2.24) is 5.32 Å². The summed E-state index contributed by atoms with van der Waals surface area (Å²) in [7, 11) is 0. The van der Waals surface area contributed by atoms with Gasteiger partial charge in [0.15, 0.2) is 0 Å². The van der Waals surface area contributed by atoms with Gasteiger partial charge in [0.2, 0.25) is 0 Å². The van der Waals surface area contributed by atoms with Crippen LogP contribution in [-0.2, 0) is 0 Å². The first kappa shape index (κ1) is 18.6. The molecule has 2 aromatic rings. The third kappa shape index (κ3) is 5.39. The van der Waals surface area contributed by atoms with Crippen LogP contribution in [0.25, 0.3) is 0 Å². The maximum atomic E-state index is 12.4. The first-order valence-corrected chi connectivity index (χ1v) is 9.40. The number of amides is 1. The average molecular weight is 343 g/mol. The number of hydrogen-bond acceptors (Lipinski definition) is 3. The zero-order valence-corrected chi connectivity index (χ0v) is 14.9. The molecular weight excluding hydrogens is 318 g/mol. The van der Waals surface area contributed by atoms with Gasteiger partial charge in [-0.15, -0.1) is 11.8 Å². The zero-order valence-electron chi connectivity index (χ0n) is 14.1. The first-order valence-electron chi connectivity index (χ1n) is 8.42. The number of aliphatic hydroxyl groups is 1. The van der Waals surface area contributed by atoms with Crippen molar-refractivity contribution in [3.63, 3.8) is 0 Å². The molecule has 0 aliphatic carbocycles. The summed E-state index contributed by atoms with van der Waals surface area (Å²) >= 11 is 1.68. The molecule has 128 valence electrons. The number of hydrogen-bond donors (Lipinski definition) is 2. The molecule has 0 heterocycles. The molecule has 0 bridgehead atoms. The van der Waals surface area contributed by atoms with Gasteiger partial charge in [-0.05, 0) is 42.2 Å². The van der Waals surface area contributed by atoms with Gasteiger partial charge < -0.3 is 10.4 Å². The van der Waals surface area contributed by atoms with E-state index in [0.29, 0.717) is 13.0 Å². The van der Waals surface area contributed by atoms with Crippen LogP contribution in [0.2, 0.25) is 0 Å². The molecule has 0 unspecified atom stereocenters. The van der Waals surface area contributed by atoms with E-state index in [4.69, 9.17) is 0 Å². The molecule has 0 aliphatic heterocycles. The number of nitrogens with one attached hydrogen (secondary N) is 1. The summed E-state index contributed by atoms with van der Waals surface area (Å²) in [4.78, 5) is 13.5. The zero-order chi connectivity index (χ0) is 17.2. The van der Waals surface area contributed by atoms with Gasteiger partial charge >= 0.3 is 0 Å². The Bertz CT molecular complexity index is 631. The summed E-state index contributed by atoms with van der Waals surface area (Å²) in [5.74, 6) is 1.18. The van der Waals surface area contributed by atoms with Gasteiger partial charge in [0.1, 0.15) is 0 Å². The van der Waals surface area contributed by atoms with E-state index in [0.717, 1.165) is 22.6 Å². The molecule has 1 atom stereocenters. The molecule has 2 aromatic carbocycles. The van der Waals surface area contributed by atoms with Gasteiger partial charge in [-0.1, -0.05) is 49.4 Å². The van der Waals surface area contributed by atoms with E-state index in [1.807, 2.05) is 42.5 Å². The second kappa shape index (κ2) is 10.2. The second-order valence-electron chi connectivity index (χ2n) is 5.59. The maximum absolute atomic E-state index is 12.4. The lowest BCUT2D eigenvalue weighted by molar-refractivity contribution is 0.0949. The molecule has 0 saturated carbocycles. The normalized spacial score (nSPS) is 11.9. The second-order valence-corrected chi connectivity index (χ2v) is 6.90. The van der Waals surface area contributed by atoms with Crippen molar-refractivity contribution in [2.45, 2.75) is 30.6 Å². The third-order valence-corrected chi connectivity index (χ3v) is 4.91. The van der Waals surface area contributed by atoms with Gasteiger partial charge in [-0.3, -0.25) is 4.79 Å². The average Bonchev–Trinajstić information content (AvgIpc) is 2.62. The van der Waals surface area contributed by atoms with E-state index < -0.39 is 0 Å². The molecular formula is C20H25NO2S. The van der Waals surface area contributed by atoms with Crippen LogP contribution in [0.5, 0.6) is 0 Å². The van der Waals surface area contributed by atoms with E-state index in [2.05, 4.69) is 24.4 Å².